The molecule has 28 heavy (non-hydrogen) atoms. The molecular formula is C23H17ClN2S2. The molecule has 1 heterocycles. The summed E-state index contributed by atoms with van der Waals surface area (Å²) in [6.07, 6.45) is 0. The molecule has 0 amide bonds. The lowest BCUT2D eigenvalue weighted by Crippen LogP contribution is -1.96. The summed E-state index contributed by atoms with van der Waals surface area (Å²) >= 11 is 9.38. The Morgan fingerprint density at radius 2 is 1.39 bits per heavy atom. The molecule has 4 rings (SSSR count). The average Bonchev–Trinajstić information content (AvgIpc) is 2.75. The molecule has 0 saturated heterocycles. The van der Waals surface area contributed by atoms with Crippen molar-refractivity contribution in [2.24, 2.45) is 0 Å². The van der Waals surface area contributed by atoms with Gasteiger partial charge in [-0.15, -0.1) is 11.8 Å². The Morgan fingerprint density at radius 3 is 2.11 bits per heavy atom. The fraction of sp³-hybridized carbons (Fsp3) is 0.0435. The van der Waals surface area contributed by atoms with Gasteiger partial charge in [0.2, 0.25) is 0 Å². The van der Waals surface area contributed by atoms with Crippen molar-refractivity contribution >= 4 is 35.1 Å². The van der Waals surface area contributed by atoms with Crippen molar-refractivity contribution in [2.75, 3.05) is 0 Å². The molecule has 0 atom stereocenters. The van der Waals surface area contributed by atoms with Crippen LogP contribution in [0.1, 0.15) is 5.69 Å². The third-order valence-corrected chi connectivity index (χ3v) is 6.18. The molecule has 5 heteroatoms. The minimum atomic E-state index is 0.749. The van der Waals surface area contributed by atoms with Crippen LogP contribution in [0.15, 0.2) is 106 Å². The highest BCUT2D eigenvalue weighted by atomic mass is 35.5. The van der Waals surface area contributed by atoms with Gasteiger partial charge in [-0.2, -0.15) is 0 Å². The Bertz CT molecular complexity index is 1040. The van der Waals surface area contributed by atoms with E-state index in [4.69, 9.17) is 21.6 Å². The van der Waals surface area contributed by atoms with Crippen LogP contribution in [0.2, 0.25) is 5.02 Å². The number of benzene rings is 3. The Morgan fingerprint density at radius 1 is 0.714 bits per heavy atom. The summed E-state index contributed by atoms with van der Waals surface area (Å²) < 4.78 is 0. The normalized spacial score (nSPS) is 10.8. The molecule has 1 aromatic heterocycles. The van der Waals surface area contributed by atoms with Crippen LogP contribution >= 0.6 is 35.1 Å². The van der Waals surface area contributed by atoms with E-state index in [9.17, 15) is 0 Å². The van der Waals surface area contributed by atoms with Gasteiger partial charge in [0.1, 0.15) is 5.03 Å². The smallest absolute Gasteiger partial charge is 0.160 e. The van der Waals surface area contributed by atoms with Gasteiger partial charge in [0.05, 0.1) is 5.69 Å². The lowest BCUT2D eigenvalue weighted by atomic mass is 10.2. The highest BCUT2D eigenvalue weighted by molar-refractivity contribution is 7.99. The van der Waals surface area contributed by atoms with Gasteiger partial charge in [0, 0.05) is 26.1 Å². The number of halogens is 1. The molecule has 0 radical (unpaired) electrons. The maximum atomic E-state index is 5.98. The summed E-state index contributed by atoms with van der Waals surface area (Å²) in [5.41, 5.74) is 2.03. The first-order valence-electron chi connectivity index (χ1n) is 8.81. The summed E-state index contributed by atoms with van der Waals surface area (Å²) in [4.78, 5) is 11.9. The van der Waals surface area contributed by atoms with E-state index < -0.39 is 0 Å². The number of rotatable bonds is 6. The Hall–Kier alpha value is -2.27. The first-order chi connectivity index (χ1) is 13.8. The fourth-order valence-electron chi connectivity index (χ4n) is 2.61. The second-order valence-electron chi connectivity index (χ2n) is 6.04. The van der Waals surface area contributed by atoms with E-state index in [-0.39, 0.29) is 0 Å². The summed E-state index contributed by atoms with van der Waals surface area (Å²) in [6, 6.07) is 30.4. The molecule has 0 N–H and O–H groups in total. The SMILES string of the molecule is Clc1ccc(SCc2cc(Sc3ccccc3)nc(-c3ccccc3)n2)cc1. The van der Waals surface area contributed by atoms with Crippen LogP contribution in [0.3, 0.4) is 0 Å². The topological polar surface area (TPSA) is 25.8 Å². The van der Waals surface area contributed by atoms with Crippen molar-refractivity contribution in [1.82, 2.24) is 9.97 Å². The minimum Gasteiger partial charge on any atom is -0.232 e. The molecule has 0 bridgehead atoms. The molecule has 138 valence electrons. The first-order valence-corrected chi connectivity index (χ1v) is 11.0. The molecule has 0 aliphatic heterocycles. The zero-order valence-electron chi connectivity index (χ0n) is 15.0. The number of hydrogen-bond acceptors (Lipinski definition) is 4. The maximum Gasteiger partial charge on any atom is 0.160 e. The molecule has 0 unspecified atom stereocenters. The number of aromatic nitrogens is 2. The summed E-state index contributed by atoms with van der Waals surface area (Å²) in [7, 11) is 0. The number of hydrogen-bond donors (Lipinski definition) is 0. The molecule has 4 aromatic rings. The third kappa shape index (κ3) is 5.16. The van der Waals surface area contributed by atoms with Crippen molar-refractivity contribution in [3.05, 3.63) is 102 Å². The molecule has 2 nitrogen and oxygen atoms in total. The van der Waals surface area contributed by atoms with Gasteiger partial charge in [-0.05, 0) is 42.5 Å². The van der Waals surface area contributed by atoms with Crippen molar-refractivity contribution < 1.29 is 0 Å². The largest absolute Gasteiger partial charge is 0.232 e. The predicted molar refractivity (Wildman–Crippen MR) is 119 cm³/mol. The van der Waals surface area contributed by atoms with Crippen LogP contribution in [0.4, 0.5) is 0 Å². The lowest BCUT2D eigenvalue weighted by molar-refractivity contribution is 1.01. The summed E-state index contributed by atoms with van der Waals surface area (Å²) in [5, 5.41) is 1.70. The monoisotopic (exact) mass is 420 g/mol. The van der Waals surface area contributed by atoms with E-state index in [1.54, 1.807) is 23.5 Å². The second-order valence-corrected chi connectivity index (χ2v) is 8.62. The minimum absolute atomic E-state index is 0.749. The zero-order valence-corrected chi connectivity index (χ0v) is 17.3. The molecule has 0 fully saturated rings. The van der Waals surface area contributed by atoms with Crippen LogP contribution in [0.5, 0.6) is 0 Å². The molecule has 0 spiro atoms. The van der Waals surface area contributed by atoms with Crippen molar-refractivity contribution in [2.45, 2.75) is 20.6 Å². The fourth-order valence-corrected chi connectivity index (χ4v) is 4.39. The van der Waals surface area contributed by atoms with Crippen LogP contribution < -0.4 is 0 Å². The molecule has 0 saturated carbocycles. The van der Waals surface area contributed by atoms with E-state index in [2.05, 4.69) is 18.2 Å². The Labute approximate surface area is 178 Å². The van der Waals surface area contributed by atoms with E-state index in [1.807, 2.05) is 72.8 Å². The third-order valence-electron chi connectivity index (χ3n) is 3.95. The van der Waals surface area contributed by atoms with Crippen molar-refractivity contribution in [3.8, 4) is 11.4 Å². The second kappa shape index (κ2) is 9.28. The van der Waals surface area contributed by atoms with Gasteiger partial charge in [-0.1, -0.05) is 71.9 Å². The quantitative estimate of drug-likeness (QED) is 0.242. The highest BCUT2D eigenvalue weighted by Gasteiger charge is 2.09. The van der Waals surface area contributed by atoms with Gasteiger partial charge >= 0.3 is 0 Å². The standard InChI is InChI=1S/C23H17ClN2S2/c24-18-11-13-20(14-12-18)27-16-19-15-22(28-21-9-5-2-6-10-21)26-23(25-19)17-7-3-1-4-8-17/h1-15H,16H2. The number of thioether (sulfide) groups is 1. The summed E-state index contributed by atoms with van der Waals surface area (Å²) in [5.74, 6) is 1.53. The zero-order chi connectivity index (χ0) is 19.2. The van der Waals surface area contributed by atoms with Crippen molar-refractivity contribution in [3.63, 3.8) is 0 Å². The number of nitrogens with zero attached hydrogens (tertiary/aromatic N) is 2. The van der Waals surface area contributed by atoms with Gasteiger partial charge in [-0.25, -0.2) is 9.97 Å². The predicted octanol–water partition coefficient (Wildman–Crippen LogP) is 7.24. The Balaban J connectivity index is 1.62. The van der Waals surface area contributed by atoms with E-state index in [1.165, 1.54) is 4.90 Å². The van der Waals surface area contributed by atoms with Crippen molar-refractivity contribution in [1.29, 1.82) is 0 Å². The molecule has 0 aliphatic rings. The van der Waals surface area contributed by atoms with Crippen LogP contribution in [-0.4, -0.2) is 9.97 Å². The lowest BCUT2D eigenvalue weighted by Gasteiger charge is -2.09. The summed E-state index contributed by atoms with van der Waals surface area (Å²) in [6.45, 7) is 0. The molecule has 3 aromatic carbocycles. The molecular weight excluding hydrogens is 404 g/mol. The first kappa shape index (κ1) is 19.1. The van der Waals surface area contributed by atoms with Gasteiger partial charge in [0.25, 0.3) is 0 Å². The average molecular weight is 421 g/mol. The van der Waals surface area contributed by atoms with Gasteiger partial charge in [-0.3, -0.25) is 0 Å². The van der Waals surface area contributed by atoms with E-state index in [0.717, 1.165) is 37.8 Å². The maximum absolute atomic E-state index is 5.98. The van der Waals surface area contributed by atoms with Gasteiger partial charge in [0.15, 0.2) is 5.82 Å². The highest BCUT2D eigenvalue weighted by Crippen LogP contribution is 2.30. The van der Waals surface area contributed by atoms with Crippen LogP contribution in [0.25, 0.3) is 11.4 Å². The molecule has 0 aliphatic carbocycles. The van der Waals surface area contributed by atoms with E-state index >= 15 is 0 Å². The van der Waals surface area contributed by atoms with Gasteiger partial charge < -0.3 is 0 Å². The van der Waals surface area contributed by atoms with Crippen LogP contribution in [0, 0.1) is 0 Å². The van der Waals surface area contributed by atoms with Crippen LogP contribution in [-0.2, 0) is 5.75 Å². The Kier molecular flexibility index (Phi) is 6.32. The van der Waals surface area contributed by atoms with E-state index in [0.29, 0.717) is 0 Å².